The van der Waals surface area contributed by atoms with Crippen molar-refractivity contribution in [1.29, 1.82) is 0 Å². The summed E-state index contributed by atoms with van der Waals surface area (Å²) in [5, 5.41) is 11.4. The Hall–Kier alpha value is -2.57. The van der Waals surface area contributed by atoms with Gasteiger partial charge in [-0.25, -0.2) is 4.68 Å². The van der Waals surface area contributed by atoms with Gasteiger partial charge in [0.05, 0.1) is 11.6 Å². The Morgan fingerprint density at radius 3 is 2.80 bits per heavy atom. The van der Waals surface area contributed by atoms with Gasteiger partial charge in [-0.1, -0.05) is 24.6 Å². The first kappa shape index (κ1) is 24.1. The first-order valence-corrected chi connectivity index (χ1v) is 13.0. The van der Waals surface area contributed by atoms with Crippen LogP contribution in [0.5, 0.6) is 0 Å². The van der Waals surface area contributed by atoms with E-state index >= 15 is 0 Å². The summed E-state index contributed by atoms with van der Waals surface area (Å²) in [5.41, 5.74) is 6.32. The number of aromatic nitrogens is 2. The van der Waals surface area contributed by atoms with Crippen LogP contribution in [0.4, 0.5) is 24.0 Å². The van der Waals surface area contributed by atoms with E-state index in [1.807, 2.05) is 0 Å². The fourth-order valence-electron chi connectivity index (χ4n) is 4.67. The molecule has 0 saturated heterocycles. The number of alkyl halides is 3. The highest BCUT2D eigenvalue weighted by Crippen LogP contribution is 2.47. The van der Waals surface area contributed by atoms with E-state index in [4.69, 9.17) is 17.3 Å². The minimum Gasteiger partial charge on any atom is -0.365 e. The van der Waals surface area contributed by atoms with Crippen LogP contribution in [-0.2, 0) is 12.8 Å². The van der Waals surface area contributed by atoms with Crippen molar-refractivity contribution in [1.82, 2.24) is 9.78 Å². The second kappa shape index (κ2) is 8.82. The summed E-state index contributed by atoms with van der Waals surface area (Å²) < 4.78 is 42.6. The highest BCUT2D eigenvalue weighted by molar-refractivity contribution is 7.17. The summed E-state index contributed by atoms with van der Waals surface area (Å²) in [6, 6.07) is 0.913. The zero-order chi connectivity index (χ0) is 25.1. The molecule has 0 radical (unpaired) electrons. The molecule has 0 saturated carbocycles. The van der Waals surface area contributed by atoms with Gasteiger partial charge in [-0.3, -0.25) is 9.59 Å². The highest BCUT2D eigenvalue weighted by atomic mass is 35.5. The van der Waals surface area contributed by atoms with Gasteiger partial charge in [0.25, 0.3) is 11.8 Å². The molecule has 35 heavy (non-hydrogen) atoms. The molecule has 3 aromatic heterocycles. The van der Waals surface area contributed by atoms with E-state index in [2.05, 4.69) is 22.7 Å². The van der Waals surface area contributed by atoms with Crippen molar-refractivity contribution >= 4 is 56.9 Å². The minimum absolute atomic E-state index is 0.0711. The molecule has 3 atom stereocenters. The number of anilines is 2. The standard InChI is InChI=1S/C22H21ClF3N5O2S2/c1-9-4-5-10-13(7-9)35-21(15(10)18(27)32)29-20(33)17-16(23)19-28-11(12-3-2-6-34-12)8-14(22(24,25)26)31(19)30-17/h2-3,6,9,11,14,28H,4-5,7-8H2,1H3,(H2,27,32)(H,29,33)/t9-,11+,14-/m1/s1. The quantitative estimate of drug-likeness (QED) is 0.387. The molecular weight excluding hydrogens is 523 g/mol. The van der Waals surface area contributed by atoms with Crippen LogP contribution in [0, 0.1) is 5.92 Å². The van der Waals surface area contributed by atoms with Crippen molar-refractivity contribution in [3.63, 3.8) is 0 Å². The molecule has 0 spiro atoms. The lowest BCUT2D eigenvalue weighted by molar-refractivity contribution is -0.173. The third kappa shape index (κ3) is 4.31. The summed E-state index contributed by atoms with van der Waals surface area (Å²) in [6.45, 7) is 2.10. The second-order valence-corrected chi connectivity index (χ2v) is 11.3. The molecule has 1 aliphatic carbocycles. The van der Waals surface area contributed by atoms with Crippen molar-refractivity contribution < 1.29 is 22.8 Å². The molecule has 3 aromatic rings. The minimum atomic E-state index is -4.60. The van der Waals surface area contributed by atoms with Crippen molar-refractivity contribution in [3.8, 4) is 0 Å². The van der Waals surface area contributed by atoms with Crippen molar-refractivity contribution in [2.75, 3.05) is 10.6 Å². The van der Waals surface area contributed by atoms with E-state index < -0.39 is 30.1 Å². The Kier molecular flexibility index (Phi) is 6.09. The monoisotopic (exact) mass is 543 g/mol. The lowest BCUT2D eigenvalue weighted by atomic mass is 9.88. The van der Waals surface area contributed by atoms with Crippen LogP contribution in [0.25, 0.3) is 0 Å². The van der Waals surface area contributed by atoms with Crippen LogP contribution >= 0.6 is 34.3 Å². The molecule has 0 bridgehead atoms. The normalized spacial score (nSPS) is 21.7. The number of nitrogens with two attached hydrogens (primary N) is 1. The summed E-state index contributed by atoms with van der Waals surface area (Å²) in [7, 11) is 0. The molecule has 4 N–H and O–H groups in total. The Balaban J connectivity index is 1.50. The number of nitrogens with zero attached hydrogens (tertiary/aromatic N) is 2. The van der Waals surface area contributed by atoms with Crippen molar-refractivity contribution in [2.45, 2.75) is 50.9 Å². The van der Waals surface area contributed by atoms with E-state index in [1.165, 1.54) is 22.7 Å². The lowest BCUT2D eigenvalue weighted by Gasteiger charge is -2.32. The van der Waals surface area contributed by atoms with E-state index in [0.717, 1.165) is 32.8 Å². The molecule has 2 aliphatic rings. The van der Waals surface area contributed by atoms with Crippen LogP contribution in [0.3, 0.4) is 0 Å². The molecule has 0 fully saturated rings. The maximum atomic E-state index is 13.9. The maximum absolute atomic E-state index is 13.9. The number of hydrogen-bond acceptors (Lipinski definition) is 6. The Morgan fingerprint density at radius 1 is 1.37 bits per heavy atom. The molecule has 1 aliphatic heterocycles. The molecule has 4 heterocycles. The van der Waals surface area contributed by atoms with Gasteiger partial charge in [-0.2, -0.15) is 18.3 Å². The molecule has 5 rings (SSSR count). The zero-order valence-corrected chi connectivity index (χ0v) is 20.8. The van der Waals surface area contributed by atoms with Gasteiger partial charge in [0, 0.05) is 16.2 Å². The topological polar surface area (TPSA) is 102 Å². The Bertz CT molecular complexity index is 1300. The largest absolute Gasteiger partial charge is 0.410 e. The number of hydrogen-bond donors (Lipinski definition) is 3. The van der Waals surface area contributed by atoms with Crippen molar-refractivity contribution in [3.05, 3.63) is 49.1 Å². The summed E-state index contributed by atoms with van der Waals surface area (Å²) >= 11 is 9.00. The van der Waals surface area contributed by atoms with Crippen molar-refractivity contribution in [2.24, 2.45) is 11.7 Å². The Morgan fingerprint density at radius 2 is 2.14 bits per heavy atom. The zero-order valence-electron chi connectivity index (χ0n) is 18.4. The number of amides is 2. The number of halogens is 4. The van der Waals surface area contributed by atoms with Crippen LogP contribution in [-0.4, -0.2) is 27.8 Å². The number of primary amides is 1. The number of rotatable bonds is 4. The van der Waals surface area contributed by atoms with E-state index in [0.29, 0.717) is 12.3 Å². The molecular formula is C22H21ClF3N5O2S2. The first-order chi connectivity index (χ1) is 16.5. The molecule has 7 nitrogen and oxygen atoms in total. The summed E-state index contributed by atoms with van der Waals surface area (Å²) in [6.07, 6.45) is -2.57. The summed E-state index contributed by atoms with van der Waals surface area (Å²) in [4.78, 5) is 27.0. The van der Waals surface area contributed by atoms with Gasteiger partial charge in [-0.05, 0) is 42.2 Å². The number of nitrogens with one attached hydrogen (secondary N) is 2. The third-order valence-corrected chi connectivity index (χ3v) is 8.90. The third-order valence-electron chi connectivity index (χ3n) is 6.38. The van der Waals surface area contributed by atoms with Gasteiger partial charge >= 0.3 is 6.18 Å². The number of thiophene rings is 2. The van der Waals surface area contributed by atoms with Crippen LogP contribution in [0.2, 0.25) is 5.02 Å². The molecule has 13 heteroatoms. The smallest absolute Gasteiger partial charge is 0.365 e. The predicted molar refractivity (Wildman–Crippen MR) is 130 cm³/mol. The first-order valence-electron chi connectivity index (χ1n) is 10.9. The Labute approximate surface area is 211 Å². The number of carbonyl (C=O) groups is 2. The van der Waals surface area contributed by atoms with Gasteiger partial charge in [0.1, 0.15) is 15.8 Å². The maximum Gasteiger partial charge on any atom is 0.410 e. The SMILES string of the molecule is C[C@@H]1CCc2c(sc(NC(=O)c3nn4c(c3Cl)N[C@H](c3cccs3)C[C@@H]4C(F)(F)F)c2C(N)=O)C1. The van der Waals surface area contributed by atoms with Crippen LogP contribution in [0.1, 0.15) is 68.0 Å². The van der Waals surface area contributed by atoms with E-state index in [9.17, 15) is 22.8 Å². The lowest BCUT2D eigenvalue weighted by Crippen LogP contribution is -2.35. The fourth-order valence-corrected chi connectivity index (χ4v) is 7.14. The van der Waals surface area contributed by atoms with E-state index in [1.54, 1.807) is 17.5 Å². The average molecular weight is 544 g/mol. The van der Waals surface area contributed by atoms with E-state index in [-0.39, 0.29) is 33.5 Å². The van der Waals surface area contributed by atoms with Gasteiger partial charge in [0.2, 0.25) is 0 Å². The van der Waals surface area contributed by atoms with Crippen LogP contribution in [0.15, 0.2) is 17.5 Å². The van der Waals surface area contributed by atoms with Crippen LogP contribution < -0.4 is 16.4 Å². The fraction of sp³-hybridized carbons (Fsp3) is 0.409. The highest BCUT2D eigenvalue weighted by Gasteiger charge is 2.48. The second-order valence-electron chi connectivity index (χ2n) is 8.84. The molecule has 186 valence electrons. The average Bonchev–Trinajstić information content (AvgIpc) is 3.50. The van der Waals surface area contributed by atoms with Gasteiger partial charge < -0.3 is 16.4 Å². The molecule has 0 aromatic carbocycles. The predicted octanol–water partition coefficient (Wildman–Crippen LogP) is 5.80. The van der Waals surface area contributed by atoms with Gasteiger partial charge in [0.15, 0.2) is 11.7 Å². The number of fused-ring (bicyclic) bond motifs is 2. The summed E-state index contributed by atoms with van der Waals surface area (Å²) in [5.74, 6) is -1.11. The van der Waals surface area contributed by atoms with Gasteiger partial charge in [-0.15, -0.1) is 22.7 Å². The number of carbonyl (C=O) groups excluding carboxylic acids is 2. The molecule has 2 amide bonds. The molecule has 0 unspecified atom stereocenters.